The molecule has 1 aliphatic heterocycles. The first-order chi connectivity index (χ1) is 13.4. The van der Waals surface area contributed by atoms with Crippen molar-refractivity contribution in [1.82, 2.24) is 0 Å². The van der Waals surface area contributed by atoms with Gasteiger partial charge in [-0.2, -0.15) is 0 Å². The van der Waals surface area contributed by atoms with Gasteiger partial charge in [0, 0.05) is 10.6 Å². The van der Waals surface area contributed by atoms with Crippen LogP contribution in [-0.2, 0) is 6.42 Å². The average Bonchev–Trinajstić information content (AvgIpc) is 3.08. The van der Waals surface area contributed by atoms with Crippen molar-refractivity contribution in [1.29, 1.82) is 0 Å². The molecular weight excluding hydrogens is 347 g/mol. The third-order valence-corrected chi connectivity index (χ3v) is 7.95. The predicted octanol–water partition coefficient (Wildman–Crippen LogP) is 5.12. The Labute approximate surface area is 160 Å². The van der Waals surface area contributed by atoms with E-state index in [2.05, 4.69) is 91.0 Å². The lowest BCUT2D eigenvalue weighted by molar-refractivity contribution is 0.488. The molecule has 0 amide bonds. The summed E-state index contributed by atoms with van der Waals surface area (Å²) in [5.74, 6) is 2.02. The van der Waals surface area contributed by atoms with Crippen molar-refractivity contribution in [2.45, 2.75) is 6.42 Å². The van der Waals surface area contributed by atoms with E-state index in [4.69, 9.17) is 4.74 Å². The van der Waals surface area contributed by atoms with Crippen LogP contribution in [0.25, 0.3) is 11.1 Å². The standard InChI is InChI=1S/C25H17OP/c1-2-9-19(10-3-1)27-24-13-7-6-12-22(24)26-23-15-18-14-17-8-4-5-11-20(17)21(18)16-25(23)27/h1-13,15-16H,14H2. The first kappa shape index (κ1) is 15.2. The van der Waals surface area contributed by atoms with Gasteiger partial charge in [0.05, 0.1) is 0 Å². The summed E-state index contributed by atoms with van der Waals surface area (Å²) in [7, 11) is -0.619. The van der Waals surface area contributed by atoms with E-state index in [0.717, 1.165) is 17.9 Å². The third-order valence-electron chi connectivity index (χ3n) is 5.45. The SMILES string of the molecule is c1ccc(P2c3ccccc3Oc3cc4c(cc32)-c2ccccc2C4)cc1. The van der Waals surface area contributed by atoms with Gasteiger partial charge in [0.1, 0.15) is 11.5 Å². The molecule has 1 nitrogen and oxygen atoms in total. The van der Waals surface area contributed by atoms with Crippen LogP contribution in [0.3, 0.4) is 0 Å². The second-order valence-electron chi connectivity index (χ2n) is 7.05. The summed E-state index contributed by atoms with van der Waals surface area (Å²) < 4.78 is 6.37. The number of benzene rings is 4. The molecular formula is C25H17OP. The lowest BCUT2D eigenvalue weighted by atomic mass is 10.1. The minimum atomic E-state index is -0.619. The summed E-state index contributed by atoms with van der Waals surface area (Å²) in [4.78, 5) is 0. The van der Waals surface area contributed by atoms with Crippen LogP contribution in [-0.4, -0.2) is 0 Å². The zero-order valence-electron chi connectivity index (χ0n) is 14.7. The van der Waals surface area contributed by atoms with E-state index >= 15 is 0 Å². The van der Waals surface area contributed by atoms with E-state index in [-0.39, 0.29) is 0 Å². The molecule has 27 heavy (non-hydrogen) atoms. The zero-order chi connectivity index (χ0) is 17.8. The fourth-order valence-corrected chi connectivity index (χ4v) is 6.69. The summed E-state index contributed by atoms with van der Waals surface area (Å²) in [5, 5.41) is 4.00. The molecule has 1 unspecified atom stereocenters. The predicted molar refractivity (Wildman–Crippen MR) is 113 cm³/mol. The molecule has 0 fully saturated rings. The molecule has 0 N–H and O–H groups in total. The Hall–Kier alpha value is -2.89. The van der Waals surface area contributed by atoms with E-state index < -0.39 is 7.92 Å². The maximum absolute atomic E-state index is 6.37. The molecule has 128 valence electrons. The number of ether oxygens (including phenoxy) is 1. The Morgan fingerprint density at radius 3 is 2.30 bits per heavy atom. The first-order valence-corrected chi connectivity index (χ1v) is 10.6. The van der Waals surface area contributed by atoms with Crippen LogP contribution in [0.1, 0.15) is 11.1 Å². The maximum atomic E-state index is 6.37. The highest BCUT2D eigenvalue weighted by Gasteiger charge is 2.31. The van der Waals surface area contributed by atoms with Crippen molar-refractivity contribution >= 4 is 23.8 Å². The van der Waals surface area contributed by atoms with Gasteiger partial charge in [-0.3, -0.25) is 0 Å². The van der Waals surface area contributed by atoms with Gasteiger partial charge in [0.15, 0.2) is 0 Å². The van der Waals surface area contributed by atoms with Gasteiger partial charge in [-0.15, -0.1) is 0 Å². The Morgan fingerprint density at radius 2 is 1.37 bits per heavy atom. The topological polar surface area (TPSA) is 9.23 Å². The molecule has 4 aromatic rings. The lowest BCUT2D eigenvalue weighted by Gasteiger charge is -2.29. The molecule has 0 saturated heterocycles. The monoisotopic (exact) mass is 364 g/mol. The van der Waals surface area contributed by atoms with E-state index in [1.54, 1.807) is 0 Å². The van der Waals surface area contributed by atoms with Crippen molar-refractivity contribution in [3.8, 4) is 22.6 Å². The quantitative estimate of drug-likeness (QED) is 0.368. The molecule has 1 atom stereocenters. The van der Waals surface area contributed by atoms with Crippen molar-refractivity contribution in [3.05, 3.63) is 102 Å². The molecule has 4 aromatic carbocycles. The first-order valence-electron chi connectivity index (χ1n) is 9.26. The summed E-state index contributed by atoms with van der Waals surface area (Å²) >= 11 is 0. The van der Waals surface area contributed by atoms with Crippen LogP contribution in [0.15, 0.2) is 91.0 Å². The van der Waals surface area contributed by atoms with Crippen LogP contribution in [0, 0.1) is 0 Å². The van der Waals surface area contributed by atoms with Crippen LogP contribution in [0.4, 0.5) is 0 Å². The van der Waals surface area contributed by atoms with Crippen LogP contribution in [0.2, 0.25) is 0 Å². The van der Waals surface area contributed by atoms with Gasteiger partial charge in [0.25, 0.3) is 0 Å². The molecule has 1 heterocycles. The Morgan fingerprint density at radius 1 is 0.593 bits per heavy atom. The van der Waals surface area contributed by atoms with Crippen LogP contribution in [0.5, 0.6) is 11.5 Å². The molecule has 0 radical (unpaired) electrons. The number of hydrogen-bond donors (Lipinski definition) is 0. The highest BCUT2D eigenvalue weighted by atomic mass is 31.1. The average molecular weight is 364 g/mol. The number of rotatable bonds is 1. The minimum absolute atomic E-state index is 0.619. The maximum Gasteiger partial charge on any atom is 0.136 e. The molecule has 2 heteroatoms. The van der Waals surface area contributed by atoms with Crippen molar-refractivity contribution in [2.75, 3.05) is 0 Å². The molecule has 0 aromatic heterocycles. The van der Waals surface area contributed by atoms with Gasteiger partial charge in [-0.05, 0) is 60.1 Å². The van der Waals surface area contributed by atoms with Crippen LogP contribution >= 0.6 is 7.92 Å². The van der Waals surface area contributed by atoms with Gasteiger partial charge in [-0.25, -0.2) is 0 Å². The molecule has 1 aliphatic carbocycles. The van der Waals surface area contributed by atoms with E-state index in [9.17, 15) is 0 Å². The third kappa shape index (κ3) is 2.29. The van der Waals surface area contributed by atoms with Crippen molar-refractivity contribution in [3.63, 3.8) is 0 Å². The van der Waals surface area contributed by atoms with Gasteiger partial charge >= 0.3 is 0 Å². The number of hydrogen-bond acceptors (Lipinski definition) is 1. The largest absolute Gasteiger partial charge is 0.456 e. The van der Waals surface area contributed by atoms with Crippen LogP contribution < -0.4 is 20.7 Å². The van der Waals surface area contributed by atoms with Gasteiger partial charge < -0.3 is 4.74 Å². The normalized spacial score (nSPS) is 15.9. The van der Waals surface area contributed by atoms with E-state index in [1.165, 1.54) is 38.2 Å². The summed E-state index contributed by atoms with van der Waals surface area (Å²) in [5.41, 5.74) is 5.53. The van der Waals surface area contributed by atoms with Crippen molar-refractivity contribution < 1.29 is 4.74 Å². The number of para-hydroxylation sites is 1. The minimum Gasteiger partial charge on any atom is -0.456 e. The Bertz CT molecular complexity index is 1180. The number of fused-ring (bicyclic) bond motifs is 5. The Balaban J connectivity index is 1.61. The molecule has 6 rings (SSSR count). The fraction of sp³-hybridized carbons (Fsp3) is 0.0400. The molecule has 2 aliphatic rings. The van der Waals surface area contributed by atoms with Crippen molar-refractivity contribution in [2.24, 2.45) is 0 Å². The summed E-state index contributed by atoms with van der Waals surface area (Å²) in [6.07, 6.45) is 0.993. The van der Waals surface area contributed by atoms with Gasteiger partial charge in [-0.1, -0.05) is 72.8 Å². The zero-order valence-corrected chi connectivity index (χ0v) is 15.6. The highest BCUT2D eigenvalue weighted by molar-refractivity contribution is 7.80. The lowest BCUT2D eigenvalue weighted by Crippen LogP contribution is -2.27. The summed E-state index contributed by atoms with van der Waals surface area (Å²) in [6.45, 7) is 0. The smallest absolute Gasteiger partial charge is 0.136 e. The molecule has 0 saturated carbocycles. The summed E-state index contributed by atoms with van der Waals surface area (Å²) in [6, 6.07) is 32.8. The van der Waals surface area contributed by atoms with Gasteiger partial charge in [0.2, 0.25) is 0 Å². The molecule has 0 spiro atoms. The molecule has 0 bridgehead atoms. The fourth-order valence-electron chi connectivity index (χ4n) is 4.24. The van der Waals surface area contributed by atoms with E-state index in [0.29, 0.717) is 0 Å². The highest BCUT2D eigenvalue weighted by Crippen LogP contribution is 2.48. The second-order valence-corrected chi connectivity index (χ2v) is 9.20. The Kier molecular flexibility index (Phi) is 3.27. The van der Waals surface area contributed by atoms with E-state index in [1.807, 2.05) is 0 Å². The second kappa shape index (κ2) is 5.81.